The van der Waals surface area contributed by atoms with Gasteiger partial charge in [0.1, 0.15) is 12.1 Å². The molecule has 2 N–H and O–H groups in total. The van der Waals surface area contributed by atoms with Crippen molar-refractivity contribution < 1.29 is 0 Å². The lowest BCUT2D eigenvalue weighted by Crippen LogP contribution is -2.00. The van der Waals surface area contributed by atoms with E-state index in [2.05, 4.69) is 35.9 Å². The molecule has 8 nitrogen and oxygen atoms in total. The SMILES string of the molecule is CCNc1ccc(Nc2ncnc3c2nnn3C)cn1. The van der Waals surface area contributed by atoms with Gasteiger partial charge in [-0.3, -0.25) is 0 Å². The molecule has 3 aromatic heterocycles. The van der Waals surface area contributed by atoms with Gasteiger partial charge in [-0.25, -0.2) is 19.6 Å². The van der Waals surface area contributed by atoms with Crippen molar-refractivity contribution in [3.63, 3.8) is 0 Å². The Morgan fingerprint density at radius 3 is 2.85 bits per heavy atom. The zero-order valence-electron chi connectivity index (χ0n) is 11.2. The molecule has 0 aliphatic rings. The molecule has 102 valence electrons. The van der Waals surface area contributed by atoms with Crippen LogP contribution in [0, 0.1) is 0 Å². The Bertz CT molecular complexity index is 718. The molecule has 3 rings (SSSR count). The average Bonchev–Trinajstić information content (AvgIpc) is 2.84. The summed E-state index contributed by atoms with van der Waals surface area (Å²) in [7, 11) is 1.79. The van der Waals surface area contributed by atoms with Gasteiger partial charge in [0.05, 0.1) is 11.9 Å². The summed E-state index contributed by atoms with van der Waals surface area (Å²) in [6.07, 6.45) is 3.22. The van der Waals surface area contributed by atoms with Gasteiger partial charge in [0.25, 0.3) is 0 Å². The monoisotopic (exact) mass is 270 g/mol. The molecule has 0 spiro atoms. The highest BCUT2D eigenvalue weighted by Crippen LogP contribution is 2.20. The summed E-state index contributed by atoms with van der Waals surface area (Å²) in [6.45, 7) is 2.87. The molecule has 0 aliphatic carbocycles. The van der Waals surface area contributed by atoms with Crippen molar-refractivity contribution in [2.75, 3.05) is 17.2 Å². The zero-order valence-corrected chi connectivity index (χ0v) is 11.2. The first-order chi connectivity index (χ1) is 9.78. The maximum Gasteiger partial charge on any atom is 0.183 e. The minimum absolute atomic E-state index is 0.612. The molecule has 8 heteroatoms. The van der Waals surface area contributed by atoms with E-state index in [4.69, 9.17) is 0 Å². The molecule has 0 radical (unpaired) electrons. The highest BCUT2D eigenvalue weighted by Gasteiger charge is 2.09. The van der Waals surface area contributed by atoms with Gasteiger partial charge >= 0.3 is 0 Å². The van der Waals surface area contributed by atoms with E-state index in [0.29, 0.717) is 17.0 Å². The highest BCUT2D eigenvalue weighted by atomic mass is 15.4. The van der Waals surface area contributed by atoms with E-state index in [-0.39, 0.29) is 0 Å². The van der Waals surface area contributed by atoms with Crippen molar-refractivity contribution in [2.24, 2.45) is 7.05 Å². The Hall–Kier alpha value is -2.77. The highest BCUT2D eigenvalue weighted by molar-refractivity contribution is 5.84. The number of aromatic nitrogens is 6. The minimum Gasteiger partial charge on any atom is -0.370 e. The molecule has 0 aromatic carbocycles. The fourth-order valence-electron chi connectivity index (χ4n) is 1.83. The maximum atomic E-state index is 4.29. The molecule has 0 aliphatic heterocycles. The predicted octanol–water partition coefficient (Wildman–Crippen LogP) is 1.33. The summed E-state index contributed by atoms with van der Waals surface area (Å²) in [6, 6.07) is 3.83. The summed E-state index contributed by atoms with van der Waals surface area (Å²) < 4.78 is 1.61. The first kappa shape index (κ1) is 12.3. The van der Waals surface area contributed by atoms with Gasteiger partial charge in [-0.15, -0.1) is 5.10 Å². The Balaban J connectivity index is 1.89. The topological polar surface area (TPSA) is 93.4 Å². The van der Waals surface area contributed by atoms with Crippen LogP contribution in [0.5, 0.6) is 0 Å². The van der Waals surface area contributed by atoms with Crippen LogP contribution >= 0.6 is 0 Å². The third kappa shape index (κ3) is 2.22. The van der Waals surface area contributed by atoms with Gasteiger partial charge in [0.2, 0.25) is 0 Å². The summed E-state index contributed by atoms with van der Waals surface area (Å²) in [5, 5.41) is 14.3. The third-order valence-electron chi connectivity index (χ3n) is 2.77. The lowest BCUT2D eigenvalue weighted by molar-refractivity contribution is 0.729. The number of nitrogens with zero attached hydrogens (tertiary/aromatic N) is 6. The second kappa shape index (κ2) is 5.08. The van der Waals surface area contributed by atoms with Gasteiger partial charge in [0.15, 0.2) is 17.0 Å². The first-order valence-corrected chi connectivity index (χ1v) is 6.25. The van der Waals surface area contributed by atoms with Crippen LogP contribution in [0.1, 0.15) is 6.92 Å². The standard InChI is InChI=1S/C12H14N8/c1-3-13-9-5-4-8(6-14-9)17-11-10-12(16-7-15-11)20(2)19-18-10/h4-7H,3H2,1-2H3,(H,13,14)(H,15,16,17). The quantitative estimate of drug-likeness (QED) is 0.738. The van der Waals surface area contributed by atoms with Crippen molar-refractivity contribution in [1.29, 1.82) is 0 Å². The Morgan fingerprint density at radius 2 is 2.10 bits per heavy atom. The number of anilines is 3. The molecule has 0 saturated heterocycles. The number of nitrogens with one attached hydrogen (secondary N) is 2. The molecule has 0 amide bonds. The van der Waals surface area contributed by atoms with Crippen LogP contribution in [-0.4, -0.2) is 36.5 Å². The number of rotatable bonds is 4. The zero-order chi connectivity index (χ0) is 13.9. The van der Waals surface area contributed by atoms with Crippen molar-refractivity contribution in [1.82, 2.24) is 29.9 Å². The lowest BCUT2D eigenvalue weighted by atomic mass is 10.4. The molecule has 0 unspecified atom stereocenters. The normalized spacial score (nSPS) is 10.7. The number of hydrogen-bond acceptors (Lipinski definition) is 7. The maximum absolute atomic E-state index is 4.29. The van der Waals surface area contributed by atoms with E-state index in [9.17, 15) is 0 Å². The van der Waals surface area contributed by atoms with Gasteiger partial charge < -0.3 is 10.6 Å². The number of hydrogen-bond donors (Lipinski definition) is 2. The second-order valence-electron chi connectivity index (χ2n) is 4.19. The van der Waals surface area contributed by atoms with Crippen LogP contribution in [0.3, 0.4) is 0 Å². The van der Waals surface area contributed by atoms with Crippen LogP contribution in [0.25, 0.3) is 11.2 Å². The van der Waals surface area contributed by atoms with Crippen LogP contribution in [0.2, 0.25) is 0 Å². The number of fused-ring (bicyclic) bond motifs is 1. The first-order valence-electron chi connectivity index (χ1n) is 6.25. The van der Waals surface area contributed by atoms with Crippen molar-refractivity contribution in [2.45, 2.75) is 6.92 Å². The summed E-state index contributed by atoms with van der Waals surface area (Å²) in [4.78, 5) is 12.6. The molecule has 3 heterocycles. The van der Waals surface area contributed by atoms with Crippen LogP contribution in [-0.2, 0) is 7.05 Å². The molecule has 3 aromatic rings. The molecular weight excluding hydrogens is 256 g/mol. The van der Waals surface area contributed by atoms with Gasteiger partial charge in [-0.2, -0.15) is 0 Å². The Labute approximate surface area is 115 Å². The summed E-state index contributed by atoms with van der Waals surface area (Å²) in [5.41, 5.74) is 2.14. The summed E-state index contributed by atoms with van der Waals surface area (Å²) >= 11 is 0. The molecule has 0 fully saturated rings. The van der Waals surface area contributed by atoms with Gasteiger partial charge in [0, 0.05) is 13.6 Å². The van der Waals surface area contributed by atoms with E-state index >= 15 is 0 Å². The minimum atomic E-state index is 0.612. The molecular formula is C12H14N8. The Morgan fingerprint density at radius 1 is 1.20 bits per heavy atom. The van der Waals surface area contributed by atoms with E-state index in [1.165, 1.54) is 6.33 Å². The second-order valence-corrected chi connectivity index (χ2v) is 4.19. The molecule has 0 atom stereocenters. The predicted molar refractivity (Wildman–Crippen MR) is 75.8 cm³/mol. The van der Waals surface area contributed by atoms with E-state index in [0.717, 1.165) is 18.1 Å². The number of aryl methyl sites for hydroxylation is 1. The average molecular weight is 270 g/mol. The van der Waals surface area contributed by atoms with E-state index < -0.39 is 0 Å². The van der Waals surface area contributed by atoms with E-state index in [1.807, 2.05) is 19.1 Å². The van der Waals surface area contributed by atoms with Gasteiger partial charge in [-0.1, -0.05) is 5.21 Å². The number of pyridine rings is 1. The summed E-state index contributed by atoms with van der Waals surface area (Å²) in [5.74, 6) is 1.45. The largest absolute Gasteiger partial charge is 0.370 e. The van der Waals surface area contributed by atoms with Crippen LogP contribution in [0.15, 0.2) is 24.7 Å². The van der Waals surface area contributed by atoms with Crippen molar-refractivity contribution in [3.05, 3.63) is 24.7 Å². The van der Waals surface area contributed by atoms with E-state index in [1.54, 1.807) is 17.9 Å². The molecule has 20 heavy (non-hydrogen) atoms. The molecule has 0 saturated carbocycles. The third-order valence-corrected chi connectivity index (χ3v) is 2.77. The molecule has 0 bridgehead atoms. The fraction of sp³-hybridized carbons (Fsp3) is 0.250. The van der Waals surface area contributed by atoms with Crippen LogP contribution < -0.4 is 10.6 Å². The van der Waals surface area contributed by atoms with Crippen LogP contribution in [0.4, 0.5) is 17.3 Å². The Kier molecular flexibility index (Phi) is 3.12. The fourth-order valence-corrected chi connectivity index (χ4v) is 1.83. The van der Waals surface area contributed by atoms with Crippen molar-refractivity contribution in [3.8, 4) is 0 Å². The van der Waals surface area contributed by atoms with Gasteiger partial charge in [-0.05, 0) is 19.1 Å². The smallest absolute Gasteiger partial charge is 0.183 e. The van der Waals surface area contributed by atoms with Crippen molar-refractivity contribution >= 4 is 28.5 Å². The lowest BCUT2D eigenvalue weighted by Gasteiger charge is -2.06.